The summed E-state index contributed by atoms with van der Waals surface area (Å²) in [5, 5.41) is 6.58. The summed E-state index contributed by atoms with van der Waals surface area (Å²) in [4.78, 5) is 41.0. The molecule has 0 bridgehead atoms. The van der Waals surface area contributed by atoms with Crippen LogP contribution in [0.1, 0.15) is 73.3 Å². The van der Waals surface area contributed by atoms with Crippen molar-refractivity contribution in [1.29, 1.82) is 0 Å². The van der Waals surface area contributed by atoms with Crippen LogP contribution in [0.5, 0.6) is 0 Å². The highest BCUT2D eigenvalue weighted by molar-refractivity contribution is 6.33. The Morgan fingerprint density at radius 2 is 1.63 bits per heavy atom. The molecule has 2 aromatic rings. The number of rotatable bonds is 7. The van der Waals surface area contributed by atoms with Crippen molar-refractivity contribution in [1.82, 2.24) is 15.5 Å². The number of hydrogen-bond donors (Lipinski definition) is 2. The molecule has 7 heteroatoms. The van der Waals surface area contributed by atoms with Gasteiger partial charge in [0.1, 0.15) is 0 Å². The minimum absolute atomic E-state index is 0.0616. The van der Waals surface area contributed by atoms with Crippen LogP contribution in [-0.2, 0) is 9.59 Å². The molecule has 1 heterocycles. The number of piperidine rings is 1. The van der Waals surface area contributed by atoms with E-state index in [9.17, 15) is 14.4 Å². The predicted molar refractivity (Wildman–Crippen MR) is 137 cm³/mol. The van der Waals surface area contributed by atoms with Crippen molar-refractivity contribution in [3.05, 3.63) is 70.7 Å². The smallest absolute Gasteiger partial charge is 0.253 e. The van der Waals surface area contributed by atoms with Gasteiger partial charge in [-0.2, -0.15) is 0 Å². The lowest BCUT2D eigenvalue weighted by molar-refractivity contribution is -0.136. The molecular formula is C28H34ClN3O3. The standard InChI is InChI=1S/C28H34ClN3O3/c29-24-16-8-7-15-23(24)28(35)31-25(20-10-3-1-4-11-20)18-26(33)32-17-9-12-21(19-32)27(34)30-22-13-5-2-6-14-22/h1,3-4,7-8,10-11,15-16,21-22,25H,2,5-6,9,12-14,17-19H2,(H,30,34)(H,31,35). The van der Waals surface area contributed by atoms with E-state index < -0.39 is 6.04 Å². The summed E-state index contributed by atoms with van der Waals surface area (Å²) >= 11 is 6.22. The van der Waals surface area contributed by atoms with Crippen molar-refractivity contribution < 1.29 is 14.4 Å². The van der Waals surface area contributed by atoms with Gasteiger partial charge in [0.2, 0.25) is 11.8 Å². The Morgan fingerprint density at radius 1 is 0.914 bits per heavy atom. The summed E-state index contributed by atoms with van der Waals surface area (Å²) in [7, 11) is 0. The van der Waals surface area contributed by atoms with Crippen LogP contribution >= 0.6 is 11.6 Å². The van der Waals surface area contributed by atoms with Crippen molar-refractivity contribution in [2.24, 2.45) is 5.92 Å². The third kappa shape index (κ3) is 6.85. The van der Waals surface area contributed by atoms with Gasteiger partial charge in [0.05, 0.1) is 29.0 Å². The van der Waals surface area contributed by atoms with Crippen LogP contribution in [0, 0.1) is 5.92 Å². The molecule has 2 fully saturated rings. The number of hydrogen-bond acceptors (Lipinski definition) is 3. The van der Waals surface area contributed by atoms with Crippen molar-refractivity contribution >= 4 is 29.3 Å². The molecule has 0 aromatic heterocycles. The first-order valence-corrected chi connectivity index (χ1v) is 13.1. The maximum atomic E-state index is 13.3. The monoisotopic (exact) mass is 495 g/mol. The van der Waals surface area contributed by atoms with Gasteiger partial charge in [-0.3, -0.25) is 14.4 Å². The molecule has 0 spiro atoms. The lowest BCUT2D eigenvalue weighted by atomic mass is 9.92. The largest absolute Gasteiger partial charge is 0.353 e. The van der Waals surface area contributed by atoms with Crippen LogP contribution in [0.4, 0.5) is 0 Å². The minimum atomic E-state index is -0.496. The summed E-state index contributed by atoms with van der Waals surface area (Å²) in [6.45, 7) is 1.06. The Kier molecular flexibility index (Phi) is 8.80. The number of nitrogens with one attached hydrogen (secondary N) is 2. The fourth-order valence-corrected chi connectivity index (χ4v) is 5.33. The maximum Gasteiger partial charge on any atom is 0.253 e. The number of halogens is 1. The molecule has 2 unspecified atom stereocenters. The second kappa shape index (κ2) is 12.2. The Balaban J connectivity index is 1.41. The first-order chi connectivity index (χ1) is 17.0. The van der Waals surface area contributed by atoms with E-state index >= 15 is 0 Å². The summed E-state index contributed by atoms with van der Waals surface area (Å²) in [6, 6.07) is 16.1. The Hall–Kier alpha value is -2.86. The molecule has 1 saturated carbocycles. The molecule has 1 aliphatic heterocycles. The van der Waals surface area contributed by atoms with Gasteiger partial charge < -0.3 is 15.5 Å². The highest BCUT2D eigenvalue weighted by atomic mass is 35.5. The summed E-state index contributed by atoms with van der Waals surface area (Å²) in [5.74, 6) is -0.488. The topological polar surface area (TPSA) is 78.5 Å². The summed E-state index contributed by atoms with van der Waals surface area (Å²) in [5.41, 5.74) is 1.23. The molecule has 6 nitrogen and oxygen atoms in total. The normalized spacial score (nSPS) is 19.6. The van der Waals surface area contributed by atoms with Gasteiger partial charge in [-0.05, 0) is 43.4 Å². The van der Waals surface area contributed by atoms with Crippen molar-refractivity contribution in [3.8, 4) is 0 Å². The second-order valence-corrected chi connectivity index (χ2v) is 10.1. The molecular weight excluding hydrogens is 462 g/mol. The van der Waals surface area contributed by atoms with Crippen molar-refractivity contribution in [2.45, 2.75) is 63.5 Å². The van der Waals surface area contributed by atoms with Crippen LogP contribution in [0.3, 0.4) is 0 Å². The van der Waals surface area contributed by atoms with E-state index in [1.165, 1.54) is 19.3 Å². The van der Waals surface area contributed by atoms with Gasteiger partial charge in [0.15, 0.2) is 0 Å². The molecule has 1 aliphatic carbocycles. The summed E-state index contributed by atoms with van der Waals surface area (Å²) < 4.78 is 0. The zero-order valence-electron chi connectivity index (χ0n) is 20.0. The Morgan fingerprint density at radius 3 is 2.37 bits per heavy atom. The number of carbonyl (C=O) groups excluding carboxylic acids is 3. The van der Waals surface area contributed by atoms with E-state index in [4.69, 9.17) is 11.6 Å². The van der Waals surface area contributed by atoms with E-state index in [1.54, 1.807) is 29.2 Å². The average molecular weight is 496 g/mol. The lowest BCUT2D eigenvalue weighted by Crippen LogP contribution is -2.48. The summed E-state index contributed by atoms with van der Waals surface area (Å²) in [6.07, 6.45) is 7.40. The highest BCUT2D eigenvalue weighted by Gasteiger charge is 2.31. The van der Waals surface area contributed by atoms with E-state index in [0.29, 0.717) is 23.7 Å². The molecule has 2 aromatic carbocycles. The van der Waals surface area contributed by atoms with Crippen LogP contribution in [-0.4, -0.2) is 41.8 Å². The molecule has 3 amide bonds. The lowest BCUT2D eigenvalue weighted by Gasteiger charge is -2.34. The SMILES string of the molecule is O=C(NC(CC(=O)N1CCCC(C(=O)NC2CCCCC2)C1)c1ccccc1)c1ccccc1Cl. The van der Waals surface area contributed by atoms with Crippen LogP contribution in [0.15, 0.2) is 54.6 Å². The second-order valence-electron chi connectivity index (χ2n) is 9.64. The first kappa shape index (κ1) is 25.2. The zero-order chi connectivity index (χ0) is 24.6. The quantitative estimate of drug-likeness (QED) is 0.574. The van der Waals surface area contributed by atoms with Gasteiger partial charge in [-0.15, -0.1) is 0 Å². The zero-order valence-corrected chi connectivity index (χ0v) is 20.8. The molecule has 2 N–H and O–H groups in total. The van der Waals surface area contributed by atoms with E-state index in [2.05, 4.69) is 10.6 Å². The molecule has 186 valence electrons. The van der Waals surface area contributed by atoms with Crippen molar-refractivity contribution in [2.75, 3.05) is 13.1 Å². The van der Waals surface area contributed by atoms with E-state index in [1.807, 2.05) is 30.3 Å². The predicted octanol–water partition coefficient (Wildman–Crippen LogP) is 4.89. The maximum absolute atomic E-state index is 13.3. The number of amides is 3. The van der Waals surface area contributed by atoms with E-state index in [0.717, 1.165) is 31.2 Å². The Bertz CT molecular complexity index is 1020. The van der Waals surface area contributed by atoms with Gasteiger partial charge in [-0.1, -0.05) is 73.3 Å². The number of carbonyl (C=O) groups is 3. The van der Waals surface area contributed by atoms with Crippen molar-refractivity contribution in [3.63, 3.8) is 0 Å². The number of benzene rings is 2. The molecule has 4 rings (SSSR count). The molecule has 2 atom stereocenters. The van der Waals surface area contributed by atoms with Gasteiger partial charge in [0, 0.05) is 19.1 Å². The molecule has 2 aliphatic rings. The van der Waals surface area contributed by atoms with Crippen LogP contribution in [0.25, 0.3) is 0 Å². The number of likely N-dealkylation sites (tertiary alicyclic amines) is 1. The average Bonchev–Trinajstić information content (AvgIpc) is 2.89. The highest BCUT2D eigenvalue weighted by Crippen LogP contribution is 2.24. The fraction of sp³-hybridized carbons (Fsp3) is 0.464. The van der Waals surface area contributed by atoms with Gasteiger partial charge >= 0.3 is 0 Å². The van der Waals surface area contributed by atoms with Crippen LogP contribution in [0.2, 0.25) is 5.02 Å². The molecule has 1 saturated heterocycles. The minimum Gasteiger partial charge on any atom is -0.353 e. The molecule has 0 radical (unpaired) electrons. The van der Waals surface area contributed by atoms with E-state index in [-0.39, 0.29) is 36.1 Å². The van der Waals surface area contributed by atoms with Crippen LogP contribution < -0.4 is 10.6 Å². The fourth-order valence-electron chi connectivity index (χ4n) is 5.11. The first-order valence-electron chi connectivity index (χ1n) is 12.7. The Labute approximate surface area is 212 Å². The van der Waals surface area contributed by atoms with Gasteiger partial charge in [-0.25, -0.2) is 0 Å². The molecule has 35 heavy (non-hydrogen) atoms. The van der Waals surface area contributed by atoms with Gasteiger partial charge in [0.25, 0.3) is 5.91 Å². The number of nitrogens with zero attached hydrogens (tertiary/aromatic N) is 1. The third-order valence-electron chi connectivity index (χ3n) is 7.10. The third-order valence-corrected chi connectivity index (χ3v) is 7.43.